The Balaban J connectivity index is 2.16. The van der Waals surface area contributed by atoms with Crippen LogP contribution >= 0.6 is 22.5 Å². The summed E-state index contributed by atoms with van der Waals surface area (Å²) < 4.78 is 31.7. The van der Waals surface area contributed by atoms with E-state index in [-0.39, 0.29) is 5.75 Å². The van der Waals surface area contributed by atoms with Gasteiger partial charge in [-0.3, -0.25) is 13.9 Å². The number of fused-ring (bicyclic) bond motifs is 1. The van der Waals surface area contributed by atoms with Crippen molar-refractivity contribution in [1.82, 2.24) is 4.72 Å². The standard InChI is InChI=1S/C24H34N2O5S2/c1-4-6-12-24(5-2)17-26(19-10-8-7-9-11-19)20-14-21(31-3)18(15-32-16-23(27)28)13-22(20)33(29,30)25-24/h7-11,13-14,25,29-30H,4-6,12,15-17H2,1-3H3,(H,27,28). The summed E-state index contributed by atoms with van der Waals surface area (Å²) in [7, 11) is -1.76. The van der Waals surface area contributed by atoms with Crippen molar-refractivity contribution in [3.63, 3.8) is 0 Å². The van der Waals surface area contributed by atoms with E-state index in [1.54, 1.807) is 13.2 Å². The fourth-order valence-electron chi connectivity index (χ4n) is 4.20. The number of hydrogen-bond acceptors (Lipinski definition) is 7. The molecule has 0 spiro atoms. The highest BCUT2D eigenvalue weighted by atomic mass is 32.3. The average molecular weight is 495 g/mol. The number of anilines is 2. The Bertz CT molecular complexity index is 957. The van der Waals surface area contributed by atoms with Gasteiger partial charge in [0.15, 0.2) is 0 Å². The maximum Gasteiger partial charge on any atom is 0.313 e. The minimum atomic E-state index is -3.33. The highest BCUT2D eigenvalue weighted by Gasteiger charge is 2.41. The van der Waals surface area contributed by atoms with Gasteiger partial charge in [0.1, 0.15) is 5.75 Å². The minimum Gasteiger partial charge on any atom is -0.496 e. The second-order valence-corrected chi connectivity index (χ2v) is 11.1. The summed E-state index contributed by atoms with van der Waals surface area (Å²) in [6.07, 6.45) is 3.53. The van der Waals surface area contributed by atoms with Crippen LogP contribution in [0.5, 0.6) is 5.75 Å². The summed E-state index contributed by atoms with van der Waals surface area (Å²) in [4.78, 5) is 13.5. The molecule has 1 unspecified atom stereocenters. The lowest BCUT2D eigenvalue weighted by Crippen LogP contribution is -2.51. The van der Waals surface area contributed by atoms with Crippen molar-refractivity contribution in [3.8, 4) is 5.75 Å². The summed E-state index contributed by atoms with van der Waals surface area (Å²) in [5.41, 5.74) is 1.89. The Morgan fingerprint density at radius 2 is 1.97 bits per heavy atom. The van der Waals surface area contributed by atoms with Crippen LogP contribution in [0.4, 0.5) is 11.4 Å². The largest absolute Gasteiger partial charge is 0.496 e. The SMILES string of the molecule is CCCCC1(CC)CN(c2ccccc2)c2cc(OC)c(CSCC(=O)O)cc2S(O)(O)N1. The first-order valence-electron chi connectivity index (χ1n) is 11.2. The smallest absolute Gasteiger partial charge is 0.313 e. The number of para-hydroxylation sites is 1. The second-order valence-electron chi connectivity index (χ2n) is 8.33. The highest BCUT2D eigenvalue weighted by Crippen LogP contribution is 2.56. The molecule has 1 aliphatic rings. The highest BCUT2D eigenvalue weighted by molar-refractivity contribution is 8.22. The van der Waals surface area contributed by atoms with Gasteiger partial charge in [-0.1, -0.05) is 44.9 Å². The summed E-state index contributed by atoms with van der Waals surface area (Å²) in [5.74, 6) is 0.0538. The van der Waals surface area contributed by atoms with Crippen molar-refractivity contribution in [3.05, 3.63) is 48.0 Å². The molecule has 2 aromatic rings. The van der Waals surface area contributed by atoms with Crippen LogP contribution < -0.4 is 14.4 Å². The Labute approximate surface area is 202 Å². The third-order valence-electron chi connectivity index (χ3n) is 6.02. The van der Waals surface area contributed by atoms with Crippen LogP contribution in [0.15, 0.2) is 47.4 Å². The molecular formula is C24H34N2O5S2. The fourth-order valence-corrected chi connectivity index (χ4v) is 6.72. The third-order valence-corrected chi connectivity index (χ3v) is 8.64. The molecule has 9 heteroatoms. The number of carbonyl (C=O) groups is 1. The average Bonchev–Trinajstić information content (AvgIpc) is 2.90. The summed E-state index contributed by atoms with van der Waals surface area (Å²) >= 11 is 1.25. The molecule has 0 bridgehead atoms. The van der Waals surface area contributed by atoms with Gasteiger partial charge >= 0.3 is 5.97 Å². The van der Waals surface area contributed by atoms with E-state index < -0.39 is 22.3 Å². The maximum absolute atomic E-state index is 11.4. The molecule has 0 radical (unpaired) electrons. The molecule has 0 aromatic heterocycles. The van der Waals surface area contributed by atoms with Gasteiger partial charge in [0.05, 0.1) is 29.0 Å². The number of rotatable bonds is 10. The number of benzene rings is 2. The Hall–Kier alpha value is -1.91. The van der Waals surface area contributed by atoms with Crippen molar-refractivity contribution in [1.29, 1.82) is 0 Å². The molecule has 0 fully saturated rings. The molecule has 0 saturated carbocycles. The first kappa shape index (κ1) is 25.7. The van der Waals surface area contributed by atoms with Crippen molar-refractivity contribution in [2.24, 2.45) is 0 Å². The van der Waals surface area contributed by atoms with Crippen LogP contribution in [-0.2, 0) is 10.5 Å². The van der Waals surface area contributed by atoms with E-state index in [4.69, 9.17) is 9.84 Å². The lowest BCUT2D eigenvalue weighted by molar-refractivity contribution is -0.133. The lowest BCUT2D eigenvalue weighted by Gasteiger charge is -2.42. The molecule has 0 amide bonds. The monoisotopic (exact) mass is 494 g/mol. The van der Waals surface area contributed by atoms with Crippen LogP contribution in [0.3, 0.4) is 0 Å². The molecule has 0 aliphatic carbocycles. The first-order valence-corrected chi connectivity index (χ1v) is 13.9. The van der Waals surface area contributed by atoms with Gasteiger partial charge in [-0.2, -0.15) is 0 Å². The van der Waals surface area contributed by atoms with Gasteiger partial charge in [0.2, 0.25) is 0 Å². The molecule has 1 aliphatic heterocycles. The number of hydrogen-bond donors (Lipinski definition) is 4. The zero-order valence-electron chi connectivity index (χ0n) is 19.4. The molecular weight excluding hydrogens is 460 g/mol. The van der Waals surface area contributed by atoms with Crippen LogP contribution in [-0.4, -0.2) is 45.1 Å². The van der Waals surface area contributed by atoms with Gasteiger partial charge < -0.3 is 14.7 Å². The number of carboxylic acids is 1. The van der Waals surface area contributed by atoms with Gasteiger partial charge in [0.25, 0.3) is 0 Å². The van der Waals surface area contributed by atoms with E-state index in [0.29, 0.717) is 28.6 Å². The lowest BCUT2D eigenvalue weighted by atomic mass is 9.89. The number of methoxy groups -OCH3 is 1. The van der Waals surface area contributed by atoms with Gasteiger partial charge in [0, 0.05) is 29.6 Å². The quantitative estimate of drug-likeness (QED) is 0.313. The van der Waals surface area contributed by atoms with Crippen molar-refractivity contribution < 1.29 is 23.7 Å². The summed E-state index contributed by atoms with van der Waals surface area (Å²) in [6.45, 7) is 4.78. The predicted octanol–water partition coefficient (Wildman–Crippen LogP) is 6.12. The number of aliphatic carboxylic acids is 1. The molecule has 0 saturated heterocycles. The zero-order valence-corrected chi connectivity index (χ0v) is 21.0. The van der Waals surface area contributed by atoms with Gasteiger partial charge in [-0.15, -0.1) is 22.5 Å². The molecule has 1 atom stereocenters. The van der Waals surface area contributed by atoms with Crippen molar-refractivity contribution in [2.75, 3.05) is 24.3 Å². The normalized spacial score (nSPS) is 20.6. The van der Waals surface area contributed by atoms with Crippen LogP contribution in [0.1, 0.15) is 45.1 Å². The molecule has 33 heavy (non-hydrogen) atoms. The Morgan fingerprint density at radius 3 is 2.58 bits per heavy atom. The number of nitrogens with zero attached hydrogens (tertiary/aromatic N) is 1. The van der Waals surface area contributed by atoms with E-state index >= 15 is 0 Å². The summed E-state index contributed by atoms with van der Waals surface area (Å²) in [5, 5.41) is 9.00. The van der Waals surface area contributed by atoms with Crippen LogP contribution in [0.25, 0.3) is 0 Å². The maximum atomic E-state index is 11.4. The van der Waals surface area contributed by atoms with Crippen LogP contribution in [0, 0.1) is 0 Å². The van der Waals surface area contributed by atoms with E-state index in [1.165, 1.54) is 11.8 Å². The van der Waals surface area contributed by atoms with E-state index in [9.17, 15) is 13.9 Å². The van der Waals surface area contributed by atoms with E-state index in [0.717, 1.165) is 36.9 Å². The van der Waals surface area contributed by atoms with Crippen LogP contribution in [0.2, 0.25) is 0 Å². The Kier molecular flexibility index (Phi) is 8.58. The number of nitrogens with one attached hydrogen (secondary N) is 1. The second kappa shape index (κ2) is 11.0. The van der Waals surface area contributed by atoms with Gasteiger partial charge in [-0.25, -0.2) is 4.72 Å². The molecule has 7 nitrogen and oxygen atoms in total. The van der Waals surface area contributed by atoms with E-state index in [2.05, 4.69) is 23.5 Å². The molecule has 4 N–H and O–H groups in total. The summed E-state index contributed by atoms with van der Waals surface area (Å²) in [6, 6.07) is 13.5. The predicted molar refractivity (Wildman–Crippen MR) is 137 cm³/mol. The first-order chi connectivity index (χ1) is 15.7. The molecule has 3 rings (SSSR count). The topological polar surface area (TPSA) is 102 Å². The Morgan fingerprint density at radius 1 is 1.24 bits per heavy atom. The number of unbranched alkanes of at least 4 members (excludes halogenated alkanes) is 1. The van der Waals surface area contributed by atoms with Crippen molar-refractivity contribution in [2.45, 2.75) is 55.7 Å². The molecule has 1 heterocycles. The van der Waals surface area contributed by atoms with E-state index in [1.807, 2.05) is 36.4 Å². The van der Waals surface area contributed by atoms with Crippen molar-refractivity contribution >= 4 is 39.9 Å². The fraction of sp³-hybridized carbons (Fsp3) is 0.458. The zero-order chi connectivity index (χ0) is 24.1. The number of thioether (sulfide) groups is 1. The minimum absolute atomic E-state index is 0.0408. The van der Waals surface area contributed by atoms with Gasteiger partial charge in [-0.05, 0) is 31.0 Å². The third kappa shape index (κ3) is 5.96. The number of carboxylic acid groups (broad SMARTS) is 1. The number of ether oxygens (including phenoxy) is 1. The molecule has 182 valence electrons. The molecule has 2 aromatic carbocycles.